The first kappa shape index (κ1) is 41.7. The number of hydrogen-bond donors (Lipinski definition) is 3. The van der Waals surface area contributed by atoms with Crippen LogP contribution in [-0.4, -0.2) is 70.0 Å². The van der Waals surface area contributed by atoms with Crippen LogP contribution in [0, 0.1) is 0 Å². The molecule has 2 heterocycles. The van der Waals surface area contributed by atoms with Crippen molar-refractivity contribution in [2.75, 3.05) is 0 Å². The van der Waals surface area contributed by atoms with E-state index in [1.54, 1.807) is 6.08 Å². The van der Waals surface area contributed by atoms with E-state index in [4.69, 9.17) is 14.2 Å². The third-order valence-electron chi connectivity index (χ3n) is 9.90. The molecule has 0 amide bonds. The maximum absolute atomic E-state index is 11.8. The number of aliphatic hydroxyl groups is 3. The fourth-order valence-corrected chi connectivity index (χ4v) is 7.10. The van der Waals surface area contributed by atoms with Crippen LogP contribution < -0.4 is 0 Å². The summed E-state index contributed by atoms with van der Waals surface area (Å²) in [7, 11) is 0. The summed E-state index contributed by atoms with van der Waals surface area (Å²) in [5, 5.41) is 31.4. The molecule has 7 atom stereocenters. The molecule has 1 fully saturated rings. The Labute approximate surface area is 286 Å². The van der Waals surface area contributed by atoms with Gasteiger partial charge in [0.25, 0.3) is 0 Å². The summed E-state index contributed by atoms with van der Waals surface area (Å²) >= 11 is 0. The molecule has 3 N–H and O–H groups in total. The molecular formula is C39H70O8. The topological polar surface area (TPSA) is 123 Å². The highest BCUT2D eigenvalue weighted by Gasteiger charge is 2.36. The monoisotopic (exact) mass is 667 g/mol. The molecule has 47 heavy (non-hydrogen) atoms. The highest BCUT2D eigenvalue weighted by molar-refractivity contribution is 5.90. The van der Waals surface area contributed by atoms with Crippen molar-refractivity contribution in [3.8, 4) is 0 Å². The minimum absolute atomic E-state index is 0.144. The zero-order valence-corrected chi connectivity index (χ0v) is 30.2. The molecule has 2 aliphatic heterocycles. The standard InChI is InChI=1S/C39H70O8/c1-4-5-6-7-8-9-10-11-12-13-14-18-25-37(46-31(3)40)38-27-26-36(47-38)35(43)24-20-19-22-33(41)21-16-15-17-23-34(42)29-32-28-30(2)45-39(32)44/h28,30,33-38,41-43H,4-27,29H2,1-3H3/t30-,33-,34+,35+,36+,37+,38+/m0/s1. The van der Waals surface area contributed by atoms with Crippen LogP contribution in [0.25, 0.3) is 0 Å². The highest BCUT2D eigenvalue weighted by Crippen LogP contribution is 2.30. The smallest absolute Gasteiger partial charge is 0.334 e. The molecule has 0 saturated carbocycles. The summed E-state index contributed by atoms with van der Waals surface area (Å²) in [6.45, 7) is 5.54. The lowest BCUT2D eigenvalue weighted by molar-refractivity contribution is -0.157. The second-order valence-corrected chi connectivity index (χ2v) is 14.4. The Morgan fingerprint density at radius 2 is 1.23 bits per heavy atom. The van der Waals surface area contributed by atoms with E-state index < -0.39 is 12.2 Å². The van der Waals surface area contributed by atoms with Crippen molar-refractivity contribution in [3.05, 3.63) is 11.6 Å². The van der Waals surface area contributed by atoms with E-state index in [1.165, 1.54) is 71.1 Å². The first-order valence-corrected chi connectivity index (χ1v) is 19.5. The lowest BCUT2D eigenvalue weighted by Gasteiger charge is -2.25. The Balaban J connectivity index is 1.50. The molecule has 0 aromatic rings. The van der Waals surface area contributed by atoms with Crippen LogP contribution in [0.4, 0.5) is 0 Å². The molecule has 0 aromatic carbocycles. The minimum Gasteiger partial charge on any atom is -0.460 e. The van der Waals surface area contributed by atoms with E-state index >= 15 is 0 Å². The number of cyclic esters (lactones) is 1. The fraction of sp³-hybridized carbons (Fsp3) is 0.897. The summed E-state index contributed by atoms with van der Waals surface area (Å²) in [5.41, 5.74) is 0.570. The first-order chi connectivity index (χ1) is 22.7. The molecule has 2 aliphatic rings. The van der Waals surface area contributed by atoms with Crippen LogP contribution in [0.15, 0.2) is 11.6 Å². The van der Waals surface area contributed by atoms with Crippen LogP contribution >= 0.6 is 0 Å². The Hall–Kier alpha value is -1.48. The first-order valence-electron chi connectivity index (χ1n) is 19.5. The van der Waals surface area contributed by atoms with Gasteiger partial charge in [0, 0.05) is 18.9 Å². The Kier molecular flexibility index (Phi) is 22.6. The quantitative estimate of drug-likeness (QED) is 0.0537. The Bertz CT molecular complexity index is 860. The molecule has 8 heteroatoms. The van der Waals surface area contributed by atoms with E-state index in [9.17, 15) is 24.9 Å². The number of hydrogen-bond acceptors (Lipinski definition) is 8. The average Bonchev–Trinajstić information content (AvgIpc) is 3.64. The summed E-state index contributed by atoms with van der Waals surface area (Å²) in [5.74, 6) is -0.585. The molecule has 8 nitrogen and oxygen atoms in total. The normalized spacial score (nSPS) is 22.1. The Morgan fingerprint density at radius 1 is 0.745 bits per heavy atom. The molecule has 0 aliphatic carbocycles. The third-order valence-corrected chi connectivity index (χ3v) is 9.90. The van der Waals surface area contributed by atoms with Crippen molar-refractivity contribution in [2.45, 2.75) is 224 Å². The van der Waals surface area contributed by atoms with Crippen molar-refractivity contribution in [2.24, 2.45) is 0 Å². The van der Waals surface area contributed by atoms with Gasteiger partial charge in [0.1, 0.15) is 12.2 Å². The number of rotatable bonds is 29. The second kappa shape index (κ2) is 25.5. The van der Waals surface area contributed by atoms with Crippen LogP contribution in [0.5, 0.6) is 0 Å². The summed E-state index contributed by atoms with van der Waals surface area (Å²) in [6, 6.07) is 0. The second-order valence-electron chi connectivity index (χ2n) is 14.4. The highest BCUT2D eigenvalue weighted by atomic mass is 16.6. The molecule has 274 valence electrons. The van der Waals surface area contributed by atoms with Crippen LogP contribution in [-0.2, 0) is 23.8 Å². The predicted molar refractivity (Wildman–Crippen MR) is 187 cm³/mol. The largest absolute Gasteiger partial charge is 0.460 e. The predicted octanol–water partition coefficient (Wildman–Crippen LogP) is 8.41. The van der Waals surface area contributed by atoms with E-state index in [0.29, 0.717) is 31.3 Å². The Morgan fingerprint density at radius 3 is 1.81 bits per heavy atom. The van der Waals surface area contributed by atoms with Gasteiger partial charge in [0.05, 0.1) is 30.5 Å². The van der Waals surface area contributed by atoms with Crippen molar-refractivity contribution in [3.63, 3.8) is 0 Å². The van der Waals surface area contributed by atoms with Gasteiger partial charge in [-0.15, -0.1) is 0 Å². The van der Waals surface area contributed by atoms with Gasteiger partial charge in [-0.25, -0.2) is 4.79 Å². The van der Waals surface area contributed by atoms with Gasteiger partial charge in [0.2, 0.25) is 0 Å². The fourth-order valence-electron chi connectivity index (χ4n) is 7.10. The van der Waals surface area contributed by atoms with Crippen LogP contribution in [0.1, 0.15) is 181 Å². The van der Waals surface area contributed by atoms with Crippen molar-refractivity contribution in [1.82, 2.24) is 0 Å². The van der Waals surface area contributed by atoms with Crippen molar-refractivity contribution in [1.29, 1.82) is 0 Å². The lowest BCUT2D eigenvalue weighted by Crippen LogP contribution is -2.33. The molecule has 2 rings (SSSR count). The van der Waals surface area contributed by atoms with Crippen LogP contribution in [0.2, 0.25) is 0 Å². The van der Waals surface area contributed by atoms with E-state index in [2.05, 4.69) is 6.92 Å². The summed E-state index contributed by atoms with van der Waals surface area (Å²) in [6.07, 6.45) is 24.9. The van der Waals surface area contributed by atoms with Crippen molar-refractivity contribution >= 4 is 11.9 Å². The van der Waals surface area contributed by atoms with Crippen LogP contribution in [0.3, 0.4) is 0 Å². The van der Waals surface area contributed by atoms with Gasteiger partial charge in [-0.3, -0.25) is 4.79 Å². The molecule has 0 aromatic heterocycles. The number of ether oxygens (including phenoxy) is 3. The van der Waals surface area contributed by atoms with E-state index in [1.807, 2.05) is 6.92 Å². The number of carbonyl (C=O) groups is 2. The van der Waals surface area contributed by atoms with Gasteiger partial charge in [-0.05, 0) is 64.4 Å². The minimum atomic E-state index is -0.543. The molecular weight excluding hydrogens is 596 g/mol. The van der Waals surface area contributed by atoms with Crippen molar-refractivity contribution < 1.29 is 39.1 Å². The number of unbranched alkanes of at least 4 members (excludes halogenated alkanes) is 14. The molecule has 0 bridgehead atoms. The van der Waals surface area contributed by atoms with Gasteiger partial charge in [-0.1, -0.05) is 110 Å². The summed E-state index contributed by atoms with van der Waals surface area (Å²) < 4.78 is 17.0. The summed E-state index contributed by atoms with van der Waals surface area (Å²) in [4.78, 5) is 23.5. The number of aliphatic hydroxyl groups excluding tert-OH is 3. The maximum Gasteiger partial charge on any atom is 0.334 e. The van der Waals surface area contributed by atoms with Gasteiger partial charge in [0.15, 0.2) is 0 Å². The van der Waals surface area contributed by atoms with E-state index in [-0.39, 0.29) is 42.5 Å². The third kappa shape index (κ3) is 19.3. The SMILES string of the molecule is CCCCCCCCCCCCCC[C@@H](OC(C)=O)[C@H]1CC[C@H]([C@H](O)CCCC[C@@H](O)CCCCC[C@@H](O)CC2=C[C@H](C)OC2=O)O1. The van der Waals surface area contributed by atoms with Gasteiger partial charge >= 0.3 is 11.9 Å². The zero-order chi connectivity index (χ0) is 34.3. The average molecular weight is 667 g/mol. The maximum atomic E-state index is 11.8. The molecule has 0 spiro atoms. The van der Waals surface area contributed by atoms with Gasteiger partial charge in [-0.2, -0.15) is 0 Å². The molecule has 0 radical (unpaired) electrons. The molecule has 0 unspecified atom stereocenters. The number of esters is 2. The van der Waals surface area contributed by atoms with Gasteiger partial charge < -0.3 is 29.5 Å². The lowest BCUT2D eigenvalue weighted by atomic mass is 9.99. The molecule has 1 saturated heterocycles. The number of carbonyl (C=O) groups excluding carboxylic acids is 2. The van der Waals surface area contributed by atoms with E-state index in [0.717, 1.165) is 70.6 Å². The zero-order valence-electron chi connectivity index (χ0n) is 30.2.